The second-order valence-corrected chi connectivity index (χ2v) is 7.34. The zero-order chi connectivity index (χ0) is 21.3. The molecule has 30 heavy (non-hydrogen) atoms. The van der Waals surface area contributed by atoms with Crippen LogP contribution in [0.2, 0.25) is 0 Å². The first-order valence-corrected chi connectivity index (χ1v) is 10.2. The van der Waals surface area contributed by atoms with Crippen LogP contribution in [0.1, 0.15) is 30.9 Å². The summed E-state index contributed by atoms with van der Waals surface area (Å²) in [5, 5.41) is 6.29. The van der Waals surface area contributed by atoms with Crippen molar-refractivity contribution in [2.75, 3.05) is 27.3 Å². The Bertz CT molecular complexity index is 871. The fraction of sp³-hybridized carbons (Fsp3) is 0.375. The molecule has 2 N–H and O–H groups in total. The van der Waals surface area contributed by atoms with Gasteiger partial charge >= 0.3 is 0 Å². The highest BCUT2D eigenvalue weighted by molar-refractivity contribution is 5.97. The van der Waals surface area contributed by atoms with Gasteiger partial charge in [0, 0.05) is 12.1 Å². The Kier molecular flexibility index (Phi) is 7.74. The van der Waals surface area contributed by atoms with Crippen molar-refractivity contribution in [3.05, 3.63) is 59.2 Å². The quantitative estimate of drug-likeness (QED) is 0.652. The molecular formula is C24H30N2O4. The van der Waals surface area contributed by atoms with Gasteiger partial charge < -0.3 is 24.8 Å². The normalized spacial score (nSPS) is 14.8. The van der Waals surface area contributed by atoms with Crippen LogP contribution in [0, 0.1) is 0 Å². The summed E-state index contributed by atoms with van der Waals surface area (Å²) in [6.07, 6.45) is 4.17. The lowest BCUT2D eigenvalue weighted by Gasteiger charge is -2.23. The van der Waals surface area contributed by atoms with E-state index >= 15 is 0 Å². The molecule has 3 rings (SSSR count). The highest BCUT2D eigenvalue weighted by atomic mass is 16.5. The number of hydrogen-bond donors (Lipinski definition) is 2. The summed E-state index contributed by atoms with van der Waals surface area (Å²) in [5.74, 6) is 2.05. The number of nitrogens with one attached hydrogen (secondary N) is 2. The van der Waals surface area contributed by atoms with E-state index < -0.39 is 0 Å². The molecule has 0 spiro atoms. The third-order valence-electron chi connectivity index (χ3n) is 5.11. The molecule has 1 fully saturated rings. The molecule has 0 saturated carbocycles. The number of hydrogen-bond acceptors (Lipinski definition) is 5. The summed E-state index contributed by atoms with van der Waals surface area (Å²) in [4.78, 5) is 12.5. The third-order valence-corrected chi connectivity index (χ3v) is 5.11. The average Bonchev–Trinajstić information content (AvgIpc) is 2.79. The van der Waals surface area contributed by atoms with E-state index in [9.17, 15) is 4.79 Å². The van der Waals surface area contributed by atoms with Gasteiger partial charge in [-0.3, -0.25) is 4.79 Å². The van der Waals surface area contributed by atoms with Crippen LogP contribution in [0.5, 0.6) is 17.2 Å². The molecule has 1 heterocycles. The number of benzene rings is 2. The number of amides is 1. The van der Waals surface area contributed by atoms with Crippen molar-refractivity contribution in [3.8, 4) is 17.2 Å². The van der Waals surface area contributed by atoms with E-state index in [1.54, 1.807) is 21.1 Å². The highest BCUT2D eigenvalue weighted by Crippen LogP contribution is 2.28. The Labute approximate surface area is 178 Å². The minimum Gasteiger partial charge on any atom is -0.493 e. The van der Waals surface area contributed by atoms with Gasteiger partial charge in [0.05, 0.1) is 14.2 Å². The first-order chi connectivity index (χ1) is 14.6. The summed E-state index contributed by atoms with van der Waals surface area (Å²) < 4.78 is 16.6. The van der Waals surface area contributed by atoms with Crippen LogP contribution < -0.4 is 24.8 Å². The second kappa shape index (κ2) is 10.7. The number of rotatable bonds is 8. The summed E-state index contributed by atoms with van der Waals surface area (Å²) >= 11 is 0. The lowest BCUT2D eigenvalue weighted by atomic mass is 10.1. The zero-order valence-electron chi connectivity index (χ0n) is 17.9. The lowest BCUT2D eigenvalue weighted by Crippen LogP contribution is -2.34. The molecule has 1 aliphatic rings. The van der Waals surface area contributed by atoms with Crippen molar-refractivity contribution in [3.63, 3.8) is 0 Å². The van der Waals surface area contributed by atoms with Crippen LogP contribution >= 0.6 is 0 Å². The average molecular weight is 411 g/mol. The van der Waals surface area contributed by atoms with Crippen molar-refractivity contribution in [1.29, 1.82) is 0 Å². The molecule has 6 nitrogen and oxygen atoms in total. The molecule has 0 unspecified atom stereocenters. The van der Waals surface area contributed by atoms with Crippen molar-refractivity contribution in [2.24, 2.45) is 0 Å². The van der Waals surface area contributed by atoms with E-state index in [-0.39, 0.29) is 12.0 Å². The summed E-state index contributed by atoms with van der Waals surface area (Å²) in [7, 11) is 3.19. The van der Waals surface area contributed by atoms with Gasteiger partial charge in [-0.1, -0.05) is 18.2 Å². The Morgan fingerprint density at radius 2 is 1.77 bits per heavy atom. The Hall–Kier alpha value is -2.99. The van der Waals surface area contributed by atoms with Crippen molar-refractivity contribution in [2.45, 2.75) is 32.4 Å². The maximum atomic E-state index is 12.5. The van der Waals surface area contributed by atoms with E-state index in [0.29, 0.717) is 23.6 Å². The molecule has 0 aliphatic carbocycles. The smallest absolute Gasteiger partial charge is 0.247 e. The lowest BCUT2D eigenvalue weighted by molar-refractivity contribution is -0.117. The number of carbonyl (C=O) groups excluding carboxylic acids is 1. The predicted molar refractivity (Wildman–Crippen MR) is 118 cm³/mol. The van der Waals surface area contributed by atoms with E-state index in [1.807, 2.05) is 48.5 Å². The monoisotopic (exact) mass is 410 g/mol. The number of carbonyl (C=O) groups is 1. The number of methoxy groups -OCH3 is 2. The van der Waals surface area contributed by atoms with Crippen molar-refractivity contribution in [1.82, 2.24) is 10.6 Å². The van der Waals surface area contributed by atoms with E-state index in [1.165, 1.54) is 0 Å². The van der Waals surface area contributed by atoms with Gasteiger partial charge in [-0.05, 0) is 74.3 Å². The van der Waals surface area contributed by atoms with Gasteiger partial charge in [0.25, 0.3) is 0 Å². The van der Waals surface area contributed by atoms with Gasteiger partial charge in [-0.25, -0.2) is 0 Å². The fourth-order valence-electron chi connectivity index (χ4n) is 3.37. The van der Waals surface area contributed by atoms with Gasteiger partial charge in [0.15, 0.2) is 11.5 Å². The van der Waals surface area contributed by atoms with Crippen LogP contribution in [-0.2, 0) is 11.3 Å². The van der Waals surface area contributed by atoms with Gasteiger partial charge in [-0.2, -0.15) is 0 Å². The van der Waals surface area contributed by atoms with Crippen LogP contribution in [0.15, 0.2) is 48.0 Å². The molecule has 6 heteroatoms. The van der Waals surface area contributed by atoms with Crippen molar-refractivity contribution < 1.29 is 19.0 Å². The SMILES string of the molecule is COc1ccc(/C=C(\C)C(=O)NCc2ccc(OC3CCNCC3)cc2)cc1OC. The van der Waals surface area contributed by atoms with Gasteiger partial charge in [0.1, 0.15) is 11.9 Å². The molecule has 0 aromatic heterocycles. The molecule has 0 atom stereocenters. The van der Waals surface area contributed by atoms with Crippen LogP contribution in [-0.4, -0.2) is 39.3 Å². The maximum absolute atomic E-state index is 12.5. The van der Waals surface area contributed by atoms with Crippen LogP contribution in [0.25, 0.3) is 6.08 Å². The molecule has 2 aromatic rings. The summed E-state index contributed by atoms with van der Waals surface area (Å²) in [6, 6.07) is 13.5. The second-order valence-electron chi connectivity index (χ2n) is 7.34. The van der Waals surface area contributed by atoms with Gasteiger partial charge in [0.2, 0.25) is 5.91 Å². The van der Waals surface area contributed by atoms with E-state index in [0.717, 1.165) is 42.8 Å². The van der Waals surface area contributed by atoms with E-state index in [4.69, 9.17) is 14.2 Å². The molecule has 1 saturated heterocycles. The summed E-state index contributed by atoms with van der Waals surface area (Å²) in [6.45, 7) is 4.27. The van der Waals surface area contributed by atoms with E-state index in [2.05, 4.69) is 10.6 Å². The topological polar surface area (TPSA) is 68.8 Å². The Balaban J connectivity index is 1.53. The molecule has 0 radical (unpaired) electrons. The largest absolute Gasteiger partial charge is 0.493 e. The van der Waals surface area contributed by atoms with Gasteiger partial charge in [-0.15, -0.1) is 0 Å². The summed E-state index contributed by atoms with van der Waals surface area (Å²) in [5.41, 5.74) is 2.52. The third kappa shape index (κ3) is 6.00. The maximum Gasteiger partial charge on any atom is 0.247 e. The molecule has 0 bridgehead atoms. The van der Waals surface area contributed by atoms with Crippen LogP contribution in [0.4, 0.5) is 0 Å². The van der Waals surface area contributed by atoms with Crippen LogP contribution in [0.3, 0.4) is 0 Å². The zero-order valence-corrected chi connectivity index (χ0v) is 17.9. The molecule has 1 aliphatic heterocycles. The predicted octanol–water partition coefficient (Wildman–Crippen LogP) is 3.55. The Morgan fingerprint density at radius 3 is 2.43 bits per heavy atom. The standard InChI is InChI=1S/C24H30N2O4/c1-17(14-19-6-9-22(28-2)23(15-19)29-3)24(27)26-16-18-4-7-20(8-5-18)30-21-10-12-25-13-11-21/h4-9,14-15,21,25H,10-13,16H2,1-3H3,(H,26,27)/b17-14+. The Morgan fingerprint density at radius 1 is 1.07 bits per heavy atom. The molecule has 2 aromatic carbocycles. The molecule has 160 valence electrons. The number of ether oxygens (including phenoxy) is 3. The minimum atomic E-state index is -0.111. The first-order valence-electron chi connectivity index (χ1n) is 10.2. The highest BCUT2D eigenvalue weighted by Gasteiger charge is 2.14. The fourth-order valence-corrected chi connectivity index (χ4v) is 3.37. The van der Waals surface area contributed by atoms with Crippen molar-refractivity contribution >= 4 is 12.0 Å². The molecule has 1 amide bonds. The molecular weight excluding hydrogens is 380 g/mol. The number of piperidine rings is 1. The minimum absolute atomic E-state index is 0.111. The first kappa shape index (κ1) is 21.7.